The van der Waals surface area contributed by atoms with Crippen molar-refractivity contribution in [2.24, 2.45) is 17.6 Å². The average molecular weight is 238 g/mol. The fourth-order valence-corrected chi connectivity index (χ4v) is 3.17. The first kappa shape index (κ1) is 12.9. The third-order valence-corrected chi connectivity index (χ3v) is 4.92. The summed E-state index contributed by atoms with van der Waals surface area (Å²) < 4.78 is 0. The molecule has 2 saturated carbocycles. The van der Waals surface area contributed by atoms with Gasteiger partial charge >= 0.3 is 0 Å². The monoisotopic (exact) mass is 238 g/mol. The maximum Gasteiger partial charge on any atom is 0.222 e. The molecule has 0 aromatic rings. The van der Waals surface area contributed by atoms with Crippen molar-refractivity contribution in [3.8, 4) is 0 Å². The molecule has 0 heterocycles. The van der Waals surface area contributed by atoms with Crippen LogP contribution in [0.2, 0.25) is 0 Å². The van der Waals surface area contributed by atoms with Crippen molar-refractivity contribution >= 4 is 5.91 Å². The summed E-state index contributed by atoms with van der Waals surface area (Å²) in [6.07, 6.45) is 7.40. The van der Waals surface area contributed by atoms with Crippen molar-refractivity contribution in [3.05, 3.63) is 0 Å². The van der Waals surface area contributed by atoms with E-state index in [1.807, 2.05) is 0 Å². The Morgan fingerprint density at radius 2 is 2.00 bits per heavy atom. The van der Waals surface area contributed by atoms with Crippen molar-refractivity contribution in [1.82, 2.24) is 5.32 Å². The molecule has 2 aliphatic rings. The molecule has 3 heteroatoms. The molecule has 3 atom stereocenters. The molecule has 3 N–H and O–H groups in total. The molecule has 0 bridgehead atoms. The second kappa shape index (κ2) is 4.97. The number of hydrogen-bond acceptors (Lipinski definition) is 2. The van der Waals surface area contributed by atoms with Crippen LogP contribution >= 0.6 is 0 Å². The molecule has 0 aliphatic heterocycles. The quantitative estimate of drug-likeness (QED) is 0.792. The summed E-state index contributed by atoms with van der Waals surface area (Å²) in [5.74, 6) is 1.49. The summed E-state index contributed by atoms with van der Waals surface area (Å²) >= 11 is 0. The maximum atomic E-state index is 12.0. The first-order valence-corrected chi connectivity index (χ1v) is 7.08. The van der Waals surface area contributed by atoms with Gasteiger partial charge in [0, 0.05) is 18.0 Å². The van der Waals surface area contributed by atoms with Gasteiger partial charge in [0.15, 0.2) is 0 Å². The van der Waals surface area contributed by atoms with Gasteiger partial charge in [-0.05, 0) is 37.5 Å². The van der Waals surface area contributed by atoms with E-state index in [9.17, 15) is 4.79 Å². The predicted octanol–water partition coefficient (Wildman–Crippen LogP) is 2.20. The SMILES string of the molecule is CC1CCCC(NC(=O)CC2(N)CCC2)C1C. The Labute approximate surface area is 105 Å². The smallest absolute Gasteiger partial charge is 0.222 e. The van der Waals surface area contributed by atoms with E-state index >= 15 is 0 Å². The minimum Gasteiger partial charge on any atom is -0.353 e. The van der Waals surface area contributed by atoms with Crippen LogP contribution in [0.4, 0.5) is 0 Å². The van der Waals surface area contributed by atoms with Crippen LogP contribution in [0.25, 0.3) is 0 Å². The van der Waals surface area contributed by atoms with Gasteiger partial charge in [0.25, 0.3) is 0 Å². The molecule has 3 nitrogen and oxygen atoms in total. The number of carbonyl (C=O) groups is 1. The topological polar surface area (TPSA) is 55.1 Å². The largest absolute Gasteiger partial charge is 0.353 e. The molecular formula is C14H26N2O. The highest BCUT2D eigenvalue weighted by Gasteiger charge is 2.36. The lowest BCUT2D eigenvalue weighted by atomic mass is 9.74. The second-order valence-electron chi connectivity index (χ2n) is 6.33. The molecule has 2 fully saturated rings. The van der Waals surface area contributed by atoms with Crippen LogP contribution in [0.1, 0.15) is 58.8 Å². The Balaban J connectivity index is 1.81. The van der Waals surface area contributed by atoms with Crippen molar-refractivity contribution in [1.29, 1.82) is 0 Å². The van der Waals surface area contributed by atoms with Gasteiger partial charge in [0.2, 0.25) is 5.91 Å². The molecule has 0 spiro atoms. The minimum absolute atomic E-state index is 0.165. The van der Waals surface area contributed by atoms with Crippen molar-refractivity contribution in [3.63, 3.8) is 0 Å². The first-order valence-electron chi connectivity index (χ1n) is 7.08. The van der Waals surface area contributed by atoms with E-state index in [4.69, 9.17) is 5.73 Å². The molecule has 0 aromatic carbocycles. The summed E-state index contributed by atoms with van der Waals surface area (Å²) in [6, 6.07) is 0.370. The van der Waals surface area contributed by atoms with Crippen LogP contribution in [0.3, 0.4) is 0 Å². The Morgan fingerprint density at radius 3 is 2.59 bits per heavy atom. The highest BCUT2D eigenvalue weighted by molar-refractivity contribution is 5.77. The zero-order chi connectivity index (χ0) is 12.5. The fourth-order valence-electron chi connectivity index (χ4n) is 3.17. The third kappa shape index (κ3) is 3.01. The summed E-state index contributed by atoms with van der Waals surface area (Å²) in [6.45, 7) is 4.55. The standard InChI is InChI=1S/C14H26N2O/c1-10-5-3-6-12(11(10)2)16-13(17)9-14(15)7-4-8-14/h10-12H,3-9,15H2,1-2H3,(H,16,17). The van der Waals surface area contributed by atoms with Gasteiger partial charge in [0.1, 0.15) is 0 Å². The summed E-state index contributed by atoms with van der Waals surface area (Å²) in [5, 5.41) is 3.20. The van der Waals surface area contributed by atoms with E-state index in [-0.39, 0.29) is 11.4 Å². The zero-order valence-electron chi connectivity index (χ0n) is 11.2. The second-order valence-corrected chi connectivity index (χ2v) is 6.33. The third-order valence-electron chi connectivity index (χ3n) is 4.92. The molecular weight excluding hydrogens is 212 g/mol. The molecule has 3 unspecified atom stereocenters. The fraction of sp³-hybridized carbons (Fsp3) is 0.929. The lowest BCUT2D eigenvalue weighted by Crippen LogP contribution is -2.52. The Morgan fingerprint density at radius 1 is 1.29 bits per heavy atom. The minimum atomic E-state index is -0.187. The van der Waals surface area contributed by atoms with Crippen molar-refractivity contribution in [2.45, 2.75) is 70.4 Å². The highest BCUT2D eigenvalue weighted by atomic mass is 16.1. The lowest BCUT2D eigenvalue weighted by Gasteiger charge is -2.39. The van der Waals surface area contributed by atoms with Gasteiger partial charge in [-0.25, -0.2) is 0 Å². The Hall–Kier alpha value is -0.570. The van der Waals surface area contributed by atoms with E-state index in [1.165, 1.54) is 19.3 Å². The molecule has 1 amide bonds. The molecule has 0 radical (unpaired) electrons. The molecule has 0 saturated heterocycles. The summed E-state index contributed by atoms with van der Waals surface area (Å²) in [5.41, 5.74) is 5.92. The maximum absolute atomic E-state index is 12.0. The molecule has 2 rings (SSSR count). The first-order chi connectivity index (χ1) is 8.00. The van der Waals surface area contributed by atoms with E-state index in [0.29, 0.717) is 18.4 Å². The summed E-state index contributed by atoms with van der Waals surface area (Å²) in [7, 11) is 0. The molecule has 2 aliphatic carbocycles. The summed E-state index contributed by atoms with van der Waals surface area (Å²) in [4.78, 5) is 12.0. The highest BCUT2D eigenvalue weighted by Crippen LogP contribution is 2.33. The number of hydrogen-bond donors (Lipinski definition) is 2. The van der Waals surface area contributed by atoms with Crippen LogP contribution in [0.15, 0.2) is 0 Å². The van der Waals surface area contributed by atoms with Crippen LogP contribution in [0.5, 0.6) is 0 Å². The van der Waals surface area contributed by atoms with E-state index in [0.717, 1.165) is 25.2 Å². The number of rotatable bonds is 3. The van der Waals surface area contributed by atoms with Crippen LogP contribution in [0, 0.1) is 11.8 Å². The van der Waals surface area contributed by atoms with Gasteiger partial charge < -0.3 is 11.1 Å². The van der Waals surface area contributed by atoms with E-state index in [2.05, 4.69) is 19.2 Å². The van der Waals surface area contributed by atoms with Gasteiger partial charge in [-0.3, -0.25) is 4.79 Å². The van der Waals surface area contributed by atoms with Crippen LogP contribution in [-0.4, -0.2) is 17.5 Å². The normalized spacial score (nSPS) is 36.1. The number of carbonyl (C=O) groups excluding carboxylic acids is 1. The van der Waals surface area contributed by atoms with Gasteiger partial charge in [0.05, 0.1) is 0 Å². The van der Waals surface area contributed by atoms with Crippen LogP contribution < -0.4 is 11.1 Å². The van der Waals surface area contributed by atoms with E-state index < -0.39 is 0 Å². The number of nitrogens with two attached hydrogens (primary N) is 1. The Bertz CT molecular complexity index is 286. The van der Waals surface area contributed by atoms with Gasteiger partial charge in [-0.15, -0.1) is 0 Å². The van der Waals surface area contributed by atoms with Crippen molar-refractivity contribution in [2.75, 3.05) is 0 Å². The predicted molar refractivity (Wildman–Crippen MR) is 69.5 cm³/mol. The van der Waals surface area contributed by atoms with Gasteiger partial charge in [-0.2, -0.15) is 0 Å². The van der Waals surface area contributed by atoms with Crippen LogP contribution in [-0.2, 0) is 4.79 Å². The average Bonchev–Trinajstić information content (AvgIpc) is 2.22. The number of amides is 1. The molecule has 17 heavy (non-hydrogen) atoms. The van der Waals surface area contributed by atoms with E-state index in [1.54, 1.807) is 0 Å². The molecule has 0 aromatic heterocycles. The zero-order valence-corrected chi connectivity index (χ0v) is 11.2. The number of nitrogens with one attached hydrogen (secondary N) is 1. The Kier molecular flexibility index (Phi) is 3.76. The molecule has 98 valence electrons. The lowest BCUT2D eigenvalue weighted by molar-refractivity contribution is -0.124. The van der Waals surface area contributed by atoms with Gasteiger partial charge in [-0.1, -0.05) is 26.7 Å². The van der Waals surface area contributed by atoms with Crippen molar-refractivity contribution < 1.29 is 4.79 Å².